The number of halogens is 1. The number of nitrogens with two attached hydrogens (primary N) is 1. The number of fused-ring (bicyclic) bond motifs is 6. The number of Topliss-reactive ketones (excluding diaryl/α,β-unsaturated/α-hetero) is 1. The molecule has 23 heteroatoms. The van der Waals surface area contributed by atoms with Crippen molar-refractivity contribution >= 4 is 71.2 Å². The van der Waals surface area contributed by atoms with Crippen LogP contribution in [0.5, 0.6) is 0 Å². The molecule has 4 N–H and O–H groups in total. The Morgan fingerprint density at radius 3 is 1.20 bits per heavy atom. The van der Waals surface area contributed by atoms with E-state index in [1.165, 1.54) is 61.1 Å². The SMILES string of the molecule is CC(C)(C)OC(=O)N1C[C@H](CC(=O)OCC2c3ccccc3-c3ccccc32)C[C@H]1CO.CCc1ccc(CC(=O)OC[C@@H]2C[C@@H](CC(=O)CN)CN2C(=O)NCc2ccccc2Cl)cc1.CCc1ccc(CC(=O)OC[C@@H]2C[C@@H](CC(=O)OCC3c4ccccc4-c4ccccc43)CN2C(=O)OC(C)(C)C)cc1.CCc1ccc(N=C=O)cc1. The summed E-state index contributed by atoms with van der Waals surface area (Å²) in [7, 11) is 0. The van der Waals surface area contributed by atoms with Crippen molar-refractivity contribution in [3.63, 3.8) is 0 Å². The van der Waals surface area contributed by atoms with E-state index in [4.69, 9.17) is 45.8 Å². The fraction of sp³-hybridized carbons (Fsp3) is 0.412. The van der Waals surface area contributed by atoms with Gasteiger partial charge in [-0.2, -0.15) is 4.99 Å². The zero-order valence-corrected chi connectivity index (χ0v) is 71.0. The van der Waals surface area contributed by atoms with E-state index in [1.54, 1.807) is 15.9 Å². The highest BCUT2D eigenvalue weighted by atomic mass is 35.5. The summed E-state index contributed by atoms with van der Waals surface area (Å²) in [5.41, 5.74) is 20.5. The summed E-state index contributed by atoms with van der Waals surface area (Å²) >= 11 is 6.19. The molecule has 5 aliphatic rings. The number of aryl methyl sites for hydroxylation is 3. The van der Waals surface area contributed by atoms with Crippen LogP contribution in [0.25, 0.3) is 22.3 Å². The van der Waals surface area contributed by atoms with Crippen LogP contribution in [-0.4, -0.2) is 162 Å². The predicted molar refractivity (Wildman–Crippen MR) is 461 cm³/mol. The molecular weight excluding hydrogens is 1540 g/mol. The van der Waals surface area contributed by atoms with E-state index in [0.717, 1.165) is 47.1 Å². The van der Waals surface area contributed by atoms with Gasteiger partial charge in [0.15, 0.2) is 0 Å². The Balaban J connectivity index is 0.000000179. The monoisotopic (exact) mass is 1650 g/mol. The third-order valence-corrected chi connectivity index (χ3v) is 22.3. The largest absolute Gasteiger partial charge is 0.465 e. The summed E-state index contributed by atoms with van der Waals surface area (Å²) in [5.74, 6) is -1.52. The van der Waals surface area contributed by atoms with E-state index >= 15 is 0 Å². The van der Waals surface area contributed by atoms with Crippen molar-refractivity contribution in [1.82, 2.24) is 20.0 Å². The molecule has 8 aromatic rings. The standard InChI is InChI=1S/C36H41NO6.C26H32ClN3O4.C26H31NO5.C9H9NO/c1-5-24-14-16-25(17-15-24)19-33(38)41-22-27-18-26(21-37(27)35(40)43-36(2,3)4)20-34(39)42-23-32-30-12-8-6-10-28(30)29-11-7-9-13-31(29)32;1-2-18-7-9-19(10-8-18)13-25(32)34-17-22-11-20(12-23(31)14-28)16-30(22)26(33)29-15-21-5-3-4-6-24(21)27;1-26(2,3)32-25(30)27-14-17(12-18(27)15-28)13-24(29)31-16-23-21-10-6-4-8-19(21)20-9-5-7-11-22(20)23;1-2-8-3-5-9(6-4-8)10-7-11/h6-17,26-27,32H,5,18-23H2,1-4H3;3-10,20,22H,2,11-17,28H2,1H3,(H,29,33);4-11,17-18,23,28H,12-16H2,1-3H3;3-6H,2H2,1H3/t26-,27-;20-,22-;17-,18-;/m000./s1. The fourth-order valence-corrected chi connectivity index (χ4v) is 16.1. The van der Waals surface area contributed by atoms with Crippen LogP contribution >= 0.6 is 11.6 Å². The Labute approximate surface area is 709 Å². The summed E-state index contributed by atoms with van der Waals surface area (Å²) in [6.07, 6.45) is 6.11. The van der Waals surface area contributed by atoms with Gasteiger partial charge in [-0.1, -0.05) is 208 Å². The van der Waals surface area contributed by atoms with Gasteiger partial charge in [-0.3, -0.25) is 24.0 Å². The highest BCUT2D eigenvalue weighted by Crippen LogP contribution is 2.46. The van der Waals surface area contributed by atoms with Gasteiger partial charge in [-0.05, 0) is 194 Å². The Bertz CT molecular complexity index is 4770. The van der Waals surface area contributed by atoms with Crippen LogP contribution < -0.4 is 11.1 Å². The Morgan fingerprint density at radius 2 is 0.808 bits per heavy atom. The number of nitrogens with one attached hydrogen (secondary N) is 1. The van der Waals surface area contributed by atoms with Crippen molar-refractivity contribution in [1.29, 1.82) is 0 Å². The summed E-state index contributed by atoms with van der Waals surface area (Å²) < 4.78 is 33.8. The zero-order valence-electron chi connectivity index (χ0n) is 70.3. The molecule has 0 unspecified atom stereocenters. The lowest BCUT2D eigenvalue weighted by atomic mass is 9.98. The molecule has 0 spiro atoms. The number of aliphatic hydroxyl groups is 1. The molecule has 4 amide bonds. The minimum Gasteiger partial charge on any atom is -0.465 e. The number of aliphatic hydroxyl groups excluding tert-OH is 1. The van der Waals surface area contributed by atoms with Crippen molar-refractivity contribution in [3.8, 4) is 22.3 Å². The average molecular weight is 1650 g/mol. The first-order valence-corrected chi connectivity index (χ1v) is 41.9. The van der Waals surface area contributed by atoms with Gasteiger partial charge in [-0.25, -0.2) is 19.2 Å². The van der Waals surface area contributed by atoms with Gasteiger partial charge in [0.2, 0.25) is 6.08 Å². The van der Waals surface area contributed by atoms with Crippen molar-refractivity contribution in [2.45, 2.75) is 181 Å². The molecule has 22 nitrogen and oxygen atoms in total. The number of carbonyl (C=O) groups is 8. The third-order valence-electron chi connectivity index (χ3n) is 22.0. The molecule has 634 valence electrons. The van der Waals surface area contributed by atoms with Gasteiger partial charge in [0, 0.05) is 49.5 Å². The summed E-state index contributed by atoms with van der Waals surface area (Å²) in [6.45, 7) is 19.0. The first-order valence-electron chi connectivity index (χ1n) is 41.5. The molecule has 3 heterocycles. The van der Waals surface area contributed by atoms with Crippen LogP contribution in [0.2, 0.25) is 5.02 Å². The number of hydrogen-bond acceptors (Lipinski definition) is 18. The van der Waals surface area contributed by atoms with Crippen LogP contribution in [-0.2, 0) is 95.8 Å². The number of amides is 4. The minimum absolute atomic E-state index is 0.0106. The second kappa shape index (κ2) is 43.6. The third kappa shape index (κ3) is 26.1. The quantitative estimate of drug-likeness (QED) is 0.0196. The fourth-order valence-electron chi connectivity index (χ4n) is 15.9. The van der Waals surface area contributed by atoms with Crippen LogP contribution in [0.1, 0.15) is 168 Å². The molecule has 6 atom stereocenters. The van der Waals surface area contributed by atoms with E-state index in [1.807, 2.05) is 181 Å². The molecular formula is C97H113ClN6O16. The van der Waals surface area contributed by atoms with E-state index in [9.17, 15) is 48.3 Å². The number of hydrogen-bond donors (Lipinski definition) is 3. The molecule has 0 saturated carbocycles. The highest BCUT2D eigenvalue weighted by Gasteiger charge is 2.42. The number of ether oxygens (including phenoxy) is 6. The molecule has 3 saturated heterocycles. The number of aliphatic imine (C=N–C) groups is 1. The topological polar surface area (TPSA) is 289 Å². The van der Waals surface area contributed by atoms with E-state index < -0.39 is 23.4 Å². The molecule has 8 aromatic carbocycles. The van der Waals surface area contributed by atoms with E-state index in [-0.39, 0.29) is 149 Å². The van der Waals surface area contributed by atoms with Gasteiger partial charge < -0.3 is 59.3 Å². The first kappa shape index (κ1) is 91.0. The number of urea groups is 1. The van der Waals surface area contributed by atoms with Crippen LogP contribution in [0.15, 0.2) is 199 Å². The number of nitrogens with zero attached hydrogens (tertiary/aromatic N) is 4. The van der Waals surface area contributed by atoms with Crippen molar-refractivity contribution in [3.05, 3.63) is 255 Å². The summed E-state index contributed by atoms with van der Waals surface area (Å²) in [5, 5.41) is 13.2. The van der Waals surface area contributed by atoms with Gasteiger partial charge in [0.1, 0.15) is 43.4 Å². The number of ketones is 1. The number of rotatable bonds is 26. The Hall–Kier alpha value is -11.3. The average Bonchev–Trinajstić information content (AvgIpc) is 1.62. The Morgan fingerprint density at radius 1 is 0.458 bits per heavy atom. The molecule has 13 rings (SSSR count). The molecule has 3 aliphatic heterocycles. The van der Waals surface area contributed by atoms with Crippen molar-refractivity contribution < 1.29 is 76.7 Å². The molecule has 120 heavy (non-hydrogen) atoms. The molecule has 0 aromatic heterocycles. The zero-order chi connectivity index (χ0) is 86.0. The molecule has 3 fully saturated rings. The highest BCUT2D eigenvalue weighted by molar-refractivity contribution is 6.31. The normalized spacial score (nSPS) is 17.4. The number of likely N-dealkylation sites (tertiary alicyclic amines) is 3. The van der Waals surface area contributed by atoms with E-state index in [0.29, 0.717) is 62.6 Å². The van der Waals surface area contributed by atoms with E-state index in [2.05, 4.69) is 79.6 Å². The van der Waals surface area contributed by atoms with Crippen LogP contribution in [0, 0.1) is 17.8 Å². The first-order chi connectivity index (χ1) is 57.6. The van der Waals surface area contributed by atoms with Crippen LogP contribution in [0.4, 0.5) is 20.1 Å². The van der Waals surface area contributed by atoms with Gasteiger partial charge in [0.25, 0.3) is 0 Å². The van der Waals surface area contributed by atoms with Crippen molar-refractivity contribution in [2.24, 2.45) is 28.5 Å². The van der Waals surface area contributed by atoms with Gasteiger partial charge in [-0.15, -0.1) is 0 Å². The summed E-state index contributed by atoms with van der Waals surface area (Å²) in [4.78, 5) is 119. The number of isocyanates is 1. The maximum absolute atomic E-state index is 13.1. The summed E-state index contributed by atoms with van der Waals surface area (Å²) in [6, 6.07) is 62.2. The molecule has 0 bridgehead atoms. The molecule has 0 radical (unpaired) electrons. The van der Waals surface area contributed by atoms with Gasteiger partial charge >= 0.3 is 42.1 Å². The number of carbonyl (C=O) groups excluding carboxylic acids is 9. The number of esters is 4. The Kier molecular flexibility index (Phi) is 33.1. The lowest BCUT2D eigenvalue weighted by molar-refractivity contribution is -0.146. The minimum atomic E-state index is -0.673. The van der Waals surface area contributed by atoms with Crippen molar-refractivity contribution in [2.75, 3.05) is 59.2 Å². The predicted octanol–water partition coefficient (Wildman–Crippen LogP) is 16.8. The number of benzene rings is 8. The molecule has 2 aliphatic carbocycles. The lowest BCUT2D eigenvalue weighted by Crippen LogP contribution is -2.44. The second-order valence-corrected chi connectivity index (χ2v) is 33.5. The maximum Gasteiger partial charge on any atom is 0.410 e. The lowest BCUT2D eigenvalue weighted by Gasteiger charge is -2.28. The van der Waals surface area contributed by atoms with Gasteiger partial charge in [0.05, 0.1) is 62.6 Å². The second-order valence-electron chi connectivity index (χ2n) is 33.1. The van der Waals surface area contributed by atoms with Crippen LogP contribution in [0.3, 0.4) is 0 Å². The maximum atomic E-state index is 13.1. The smallest absolute Gasteiger partial charge is 0.410 e.